The number of hydrogen-bond donors (Lipinski definition) is 1. The largest absolute Gasteiger partial charge is 0.480 e. The third-order valence-electron chi connectivity index (χ3n) is 5.65. The second kappa shape index (κ2) is 8.93. The first-order valence-electron chi connectivity index (χ1n) is 9.94. The number of amides is 1. The van der Waals surface area contributed by atoms with Crippen LogP contribution < -0.4 is 0 Å². The molecule has 0 aromatic carbocycles. The summed E-state index contributed by atoms with van der Waals surface area (Å²) in [7, 11) is -5.07. The minimum Gasteiger partial charge on any atom is -0.480 e. The number of carbonyl (C=O) groups excluding carboxylic acids is 1. The standard InChI is InChI=1S/C19H33NO7S2Si/c1-8-9-19(11-26-29(5,24)25)14(17(22)23)20-15(21)13(16(20)28-19)12(18(2,3)4)10-27-30(6)7/h8,12-14,16,30H,1,9-11H2,2-7H3,(H,22,23)/t12-,13+,14?,16-,19?/m1/s1. The van der Waals surface area contributed by atoms with E-state index >= 15 is 0 Å². The van der Waals surface area contributed by atoms with E-state index in [1.807, 2.05) is 0 Å². The predicted molar refractivity (Wildman–Crippen MR) is 119 cm³/mol. The van der Waals surface area contributed by atoms with Crippen LogP contribution in [-0.4, -0.2) is 75.0 Å². The Morgan fingerprint density at radius 1 is 1.43 bits per heavy atom. The van der Waals surface area contributed by atoms with Crippen molar-refractivity contribution in [2.24, 2.45) is 17.3 Å². The zero-order valence-electron chi connectivity index (χ0n) is 18.5. The van der Waals surface area contributed by atoms with E-state index in [-0.39, 0.29) is 35.6 Å². The van der Waals surface area contributed by atoms with E-state index in [1.54, 1.807) is 6.08 Å². The van der Waals surface area contributed by atoms with E-state index in [0.29, 0.717) is 6.61 Å². The lowest BCUT2D eigenvalue weighted by atomic mass is 9.69. The smallest absolute Gasteiger partial charge is 0.328 e. The van der Waals surface area contributed by atoms with E-state index in [1.165, 1.54) is 16.7 Å². The first kappa shape index (κ1) is 25.4. The summed E-state index contributed by atoms with van der Waals surface area (Å²) in [5, 5.41) is 9.57. The monoisotopic (exact) mass is 479 g/mol. The number of carboxylic acid groups (broad SMARTS) is 1. The fourth-order valence-electron chi connectivity index (χ4n) is 4.16. The van der Waals surface area contributed by atoms with Crippen LogP contribution in [0.2, 0.25) is 13.1 Å². The maximum atomic E-state index is 13.2. The van der Waals surface area contributed by atoms with E-state index in [0.717, 1.165) is 6.26 Å². The van der Waals surface area contributed by atoms with Crippen LogP contribution in [0.1, 0.15) is 27.2 Å². The molecule has 0 radical (unpaired) electrons. The number of carbonyl (C=O) groups is 2. The maximum Gasteiger partial charge on any atom is 0.328 e. The molecule has 0 aromatic rings. The molecule has 1 amide bonds. The molecule has 0 aliphatic carbocycles. The van der Waals surface area contributed by atoms with Crippen molar-refractivity contribution in [2.75, 3.05) is 19.5 Å². The molecule has 172 valence electrons. The fraction of sp³-hybridized carbons (Fsp3) is 0.789. The molecule has 2 rings (SSSR count). The number of hydrogen-bond acceptors (Lipinski definition) is 7. The van der Waals surface area contributed by atoms with Crippen molar-refractivity contribution in [3.05, 3.63) is 12.7 Å². The van der Waals surface area contributed by atoms with Gasteiger partial charge in [0.05, 0.1) is 28.9 Å². The van der Waals surface area contributed by atoms with Crippen LogP contribution in [0.25, 0.3) is 0 Å². The van der Waals surface area contributed by atoms with E-state index in [9.17, 15) is 23.1 Å². The molecule has 0 bridgehead atoms. The molecule has 2 heterocycles. The molecule has 0 saturated carbocycles. The van der Waals surface area contributed by atoms with Crippen LogP contribution in [0.3, 0.4) is 0 Å². The third kappa shape index (κ3) is 5.12. The summed E-state index contributed by atoms with van der Waals surface area (Å²) < 4.78 is 33.1. The van der Waals surface area contributed by atoms with Crippen molar-refractivity contribution in [2.45, 2.75) is 56.4 Å². The molecule has 2 fully saturated rings. The van der Waals surface area contributed by atoms with Gasteiger partial charge in [0, 0.05) is 12.5 Å². The van der Waals surface area contributed by atoms with Crippen molar-refractivity contribution in [1.82, 2.24) is 4.90 Å². The summed E-state index contributed by atoms with van der Waals surface area (Å²) in [4.78, 5) is 26.8. The van der Waals surface area contributed by atoms with Gasteiger partial charge < -0.3 is 14.4 Å². The van der Waals surface area contributed by atoms with Crippen molar-refractivity contribution >= 4 is 42.8 Å². The van der Waals surface area contributed by atoms with Gasteiger partial charge in [0.25, 0.3) is 10.1 Å². The first-order valence-corrected chi connectivity index (χ1v) is 15.4. The minimum absolute atomic E-state index is 0.0848. The van der Waals surface area contributed by atoms with Crippen molar-refractivity contribution < 1.29 is 31.7 Å². The molecule has 11 heteroatoms. The average molecular weight is 480 g/mol. The van der Waals surface area contributed by atoms with Crippen LogP contribution in [0.4, 0.5) is 0 Å². The van der Waals surface area contributed by atoms with Gasteiger partial charge in [-0.25, -0.2) is 4.79 Å². The number of fused-ring (bicyclic) bond motifs is 1. The Morgan fingerprint density at radius 3 is 2.47 bits per heavy atom. The lowest BCUT2D eigenvalue weighted by Gasteiger charge is -2.50. The number of thioether (sulfide) groups is 1. The summed E-state index contributed by atoms with van der Waals surface area (Å²) >= 11 is 1.32. The summed E-state index contributed by atoms with van der Waals surface area (Å²) in [6.45, 7) is 14.1. The van der Waals surface area contributed by atoms with Gasteiger partial charge in [0.2, 0.25) is 5.91 Å². The highest BCUT2D eigenvalue weighted by Gasteiger charge is 2.68. The van der Waals surface area contributed by atoms with Gasteiger partial charge >= 0.3 is 5.97 Å². The average Bonchev–Trinajstić information content (AvgIpc) is 2.87. The molecular weight excluding hydrogens is 446 g/mol. The van der Waals surface area contributed by atoms with Gasteiger partial charge in [-0.1, -0.05) is 26.8 Å². The maximum absolute atomic E-state index is 13.2. The highest BCUT2D eigenvalue weighted by Crippen LogP contribution is 2.58. The number of allylic oxidation sites excluding steroid dienone is 1. The fourth-order valence-corrected chi connectivity index (χ4v) is 7.21. The number of aliphatic carboxylic acids is 1. The molecule has 2 aliphatic rings. The number of nitrogens with zero attached hydrogens (tertiary/aromatic N) is 1. The van der Waals surface area contributed by atoms with Crippen LogP contribution in [-0.2, 0) is 28.3 Å². The Balaban J connectivity index is 2.40. The molecule has 2 saturated heterocycles. The third-order valence-corrected chi connectivity index (χ3v) is 8.79. The lowest BCUT2D eigenvalue weighted by Crippen LogP contribution is -2.66. The van der Waals surface area contributed by atoms with Crippen LogP contribution in [0, 0.1) is 17.3 Å². The van der Waals surface area contributed by atoms with E-state index in [4.69, 9.17) is 8.61 Å². The number of β-lactam (4-membered cyclic amide) rings is 1. The van der Waals surface area contributed by atoms with E-state index < -0.39 is 41.8 Å². The molecule has 0 aromatic heterocycles. The van der Waals surface area contributed by atoms with Gasteiger partial charge in [-0.05, 0) is 24.9 Å². The van der Waals surface area contributed by atoms with Gasteiger partial charge in [-0.3, -0.25) is 8.98 Å². The lowest BCUT2D eigenvalue weighted by molar-refractivity contribution is -0.170. The number of rotatable bonds is 10. The SMILES string of the molecule is C=CCC1(COS(C)(=O)=O)S[C@@H]2[C@@H]([C@@H](CO[SiH](C)C)C(C)(C)C)C(=O)N2C1C(=O)O. The predicted octanol–water partition coefficient (Wildman–Crippen LogP) is 1.92. The molecule has 1 N–H and O–H groups in total. The molecule has 2 unspecified atom stereocenters. The second-order valence-corrected chi connectivity index (χ2v) is 15.0. The van der Waals surface area contributed by atoms with Crippen molar-refractivity contribution in [3.8, 4) is 0 Å². The van der Waals surface area contributed by atoms with Gasteiger partial charge in [0.15, 0.2) is 9.04 Å². The second-order valence-electron chi connectivity index (χ2n) is 9.40. The first-order chi connectivity index (χ1) is 13.6. The van der Waals surface area contributed by atoms with Crippen molar-refractivity contribution in [3.63, 3.8) is 0 Å². The molecule has 8 nitrogen and oxygen atoms in total. The minimum atomic E-state index is -3.78. The molecule has 0 spiro atoms. The Morgan fingerprint density at radius 2 is 2.03 bits per heavy atom. The topological polar surface area (TPSA) is 110 Å². The number of carboxylic acids is 1. The highest BCUT2D eigenvalue weighted by molar-refractivity contribution is 8.01. The Hall–Kier alpha value is -0.883. The zero-order chi connectivity index (χ0) is 23.1. The van der Waals surface area contributed by atoms with Crippen LogP contribution >= 0.6 is 11.8 Å². The van der Waals surface area contributed by atoms with Gasteiger partial charge in [0.1, 0.15) is 6.04 Å². The highest BCUT2D eigenvalue weighted by atomic mass is 32.2. The normalized spacial score (nSPS) is 30.2. The molecule has 2 aliphatic heterocycles. The molecule has 30 heavy (non-hydrogen) atoms. The summed E-state index contributed by atoms with van der Waals surface area (Å²) in [5.74, 6) is -1.87. The molecular formula is C19H33NO7S2Si. The Kier molecular flexibility index (Phi) is 7.55. The molecule has 5 atom stereocenters. The quantitative estimate of drug-likeness (QED) is 0.219. The van der Waals surface area contributed by atoms with E-state index in [2.05, 4.69) is 40.4 Å². The Labute approximate surface area is 185 Å². The summed E-state index contributed by atoms with van der Waals surface area (Å²) in [6.07, 6.45) is 2.68. The zero-order valence-corrected chi connectivity index (χ0v) is 21.2. The van der Waals surface area contributed by atoms with Gasteiger partial charge in [-0.2, -0.15) is 8.42 Å². The van der Waals surface area contributed by atoms with Crippen molar-refractivity contribution in [1.29, 1.82) is 0 Å². The summed E-state index contributed by atoms with van der Waals surface area (Å²) in [6, 6.07) is -1.18. The Bertz CT molecular complexity index is 795. The van der Waals surface area contributed by atoms with Crippen LogP contribution in [0.15, 0.2) is 12.7 Å². The summed E-state index contributed by atoms with van der Waals surface area (Å²) in [5.41, 5.74) is -0.220. The van der Waals surface area contributed by atoms with Crippen LogP contribution in [0.5, 0.6) is 0 Å². The van der Waals surface area contributed by atoms with Gasteiger partial charge in [-0.15, -0.1) is 18.3 Å².